The largest absolute Gasteiger partial charge is 0.370 e. The Labute approximate surface area is 130 Å². The lowest BCUT2D eigenvalue weighted by Gasteiger charge is -2.38. The third-order valence-corrected chi connectivity index (χ3v) is 4.87. The molecule has 4 rings (SSSR count). The number of aromatic nitrogens is 2. The molecule has 0 amide bonds. The van der Waals surface area contributed by atoms with Crippen molar-refractivity contribution in [3.05, 3.63) is 42.4 Å². The van der Waals surface area contributed by atoms with Crippen molar-refractivity contribution in [2.24, 2.45) is 5.92 Å². The molecule has 1 aromatic heterocycles. The molecule has 22 heavy (non-hydrogen) atoms. The first kappa shape index (κ1) is 13.7. The zero-order valence-electron chi connectivity index (χ0n) is 12.7. The minimum absolute atomic E-state index is 0.0169. The summed E-state index contributed by atoms with van der Waals surface area (Å²) in [6, 6.07) is 8.42. The maximum absolute atomic E-state index is 12.5. The van der Waals surface area contributed by atoms with E-state index in [0.29, 0.717) is 6.61 Å². The number of fused-ring (bicyclic) bond motifs is 3. The van der Waals surface area contributed by atoms with Crippen LogP contribution in [0.2, 0.25) is 0 Å². The predicted octanol–water partition coefficient (Wildman–Crippen LogP) is 3.23. The lowest BCUT2D eigenvalue weighted by atomic mass is 9.73. The molecule has 2 aromatic rings. The van der Waals surface area contributed by atoms with E-state index in [-0.39, 0.29) is 23.8 Å². The number of imidazole rings is 1. The van der Waals surface area contributed by atoms with E-state index in [1.165, 1.54) is 11.1 Å². The highest BCUT2D eigenvalue weighted by Crippen LogP contribution is 2.47. The van der Waals surface area contributed by atoms with Crippen LogP contribution in [-0.4, -0.2) is 28.0 Å². The van der Waals surface area contributed by atoms with Crippen LogP contribution in [-0.2, 0) is 9.53 Å². The molecular weight excluding hydrogens is 276 g/mol. The summed E-state index contributed by atoms with van der Waals surface area (Å²) < 4.78 is 7.85. The normalized spacial score (nSPS) is 25.7. The minimum Gasteiger partial charge on any atom is -0.370 e. The van der Waals surface area contributed by atoms with Crippen LogP contribution in [0, 0.1) is 5.92 Å². The lowest BCUT2D eigenvalue weighted by Crippen LogP contribution is -2.47. The second-order valence-electron chi connectivity index (χ2n) is 6.18. The summed E-state index contributed by atoms with van der Waals surface area (Å²) in [7, 11) is 0. The van der Waals surface area contributed by atoms with Crippen LogP contribution >= 0.6 is 0 Å². The quantitative estimate of drug-likeness (QED) is 0.796. The average molecular weight is 296 g/mol. The van der Waals surface area contributed by atoms with Crippen molar-refractivity contribution in [2.75, 3.05) is 6.61 Å². The number of Topliss-reactive ketones (excluding diaryl/α,β-unsaturated/α-hetero) is 1. The molecule has 2 aliphatic rings. The molecule has 2 heterocycles. The van der Waals surface area contributed by atoms with Gasteiger partial charge in [-0.2, -0.15) is 0 Å². The van der Waals surface area contributed by atoms with E-state index in [2.05, 4.69) is 28.6 Å². The second kappa shape index (κ2) is 5.36. The standard InChI is InChI=1S/C18H20N2O2/c1-2-3-8-22-16-9-14(18(16)21)17-13-7-5-4-6-12(13)15-10-19-11-20(15)17/h4-7,10-11,14,16-17H,2-3,8-9H2,1H3. The van der Waals surface area contributed by atoms with Crippen molar-refractivity contribution in [3.63, 3.8) is 0 Å². The van der Waals surface area contributed by atoms with Crippen LogP contribution < -0.4 is 0 Å². The van der Waals surface area contributed by atoms with E-state index in [1.54, 1.807) is 0 Å². The monoisotopic (exact) mass is 296 g/mol. The van der Waals surface area contributed by atoms with Gasteiger partial charge < -0.3 is 9.30 Å². The number of carbonyl (C=O) groups excluding carboxylic acids is 1. The molecule has 3 unspecified atom stereocenters. The van der Waals surface area contributed by atoms with Crippen molar-refractivity contribution in [2.45, 2.75) is 38.3 Å². The number of unbranched alkanes of at least 4 members (excludes halogenated alkanes) is 1. The molecule has 1 fully saturated rings. The highest BCUT2D eigenvalue weighted by Gasteiger charge is 2.48. The fraction of sp³-hybridized carbons (Fsp3) is 0.444. The van der Waals surface area contributed by atoms with E-state index in [9.17, 15) is 4.79 Å². The van der Waals surface area contributed by atoms with Crippen LogP contribution in [0.5, 0.6) is 0 Å². The maximum atomic E-state index is 12.5. The first-order chi connectivity index (χ1) is 10.8. The van der Waals surface area contributed by atoms with Crippen molar-refractivity contribution in [1.29, 1.82) is 0 Å². The number of hydrogen-bond acceptors (Lipinski definition) is 3. The van der Waals surface area contributed by atoms with Gasteiger partial charge in [0.1, 0.15) is 6.10 Å². The molecule has 1 aliphatic heterocycles. The molecule has 114 valence electrons. The zero-order valence-corrected chi connectivity index (χ0v) is 12.7. The van der Waals surface area contributed by atoms with Gasteiger partial charge in [-0.1, -0.05) is 37.6 Å². The number of nitrogens with zero attached hydrogens (tertiary/aromatic N) is 2. The second-order valence-corrected chi connectivity index (χ2v) is 6.18. The fourth-order valence-corrected chi connectivity index (χ4v) is 3.63. The van der Waals surface area contributed by atoms with Gasteiger partial charge in [0, 0.05) is 18.1 Å². The highest BCUT2D eigenvalue weighted by molar-refractivity contribution is 5.93. The van der Waals surface area contributed by atoms with Crippen LogP contribution in [0.25, 0.3) is 11.3 Å². The van der Waals surface area contributed by atoms with Gasteiger partial charge in [-0.3, -0.25) is 4.79 Å². The van der Waals surface area contributed by atoms with Crippen molar-refractivity contribution in [3.8, 4) is 11.3 Å². The molecule has 0 bridgehead atoms. The number of ether oxygens (including phenoxy) is 1. The smallest absolute Gasteiger partial charge is 0.167 e. The summed E-state index contributed by atoms with van der Waals surface area (Å²) >= 11 is 0. The molecule has 1 aliphatic carbocycles. The minimum atomic E-state index is -0.198. The third kappa shape index (κ3) is 1.94. The SMILES string of the molecule is CCCCOC1CC(C2c3ccccc3-c3cncn32)C1=O. The molecule has 0 saturated heterocycles. The van der Waals surface area contributed by atoms with Gasteiger partial charge in [-0.25, -0.2) is 4.98 Å². The molecule has 1 saturated carbocycles. The number of hydrogen-bond donors (Lipinski definition) is 0. The van der Waals surface area contributed by atoms with E-state index < -0.39 is 0 Å². The molecule has 4 nitrogen and oxygen atoms in total. The van der Waals surface area contributed by atoms with Crippen LogP contribution in [0.3, 0.4) is 0 Å². The summed E-state index contributed by atoms with van der Waals surface area (Å²) in [5.41, 5.74) is 3.56. The van der Waals surface area contributed by atoms with Crippen LogP contribution in [0.1, 0.15) is 37.8 Å². The van der Waals surface area contributed by atoms with Crippen molar-refractivity contribution < 1.29 is 9.53 Å². The first-order valence-corrected chi connectivity index (χ1v) is 8.07. The first-order valence-electron chi connectivity index (χ1n) is 8.07. The highest BCUT2D eigenvalue weighted by atomic mass is 16.5. The Balaban J connectivity index is 1.56. The zero-order chi connectivity index (χ0) is 15.1. The van der Waals surface area contributed by atoms with Gasteiger partial charge in [-0.15, -0.1) is 0 Å². The Hall–Kier alpha value is -1.94. The number of carbonyl (C=O) groups is 1. The van der Waals surface area contributed by atoms with E-state index >= 15 is 0 Å². The Morgan fingerprint density at radius 2 is 2.23 bits per heavy atom. The molecular formula is C18H20N2O2. The van der Waals surface area contributed by atoms with Gasteiger partial charge in [-0.05, 0) is 18.4 Å². The van der Waals surface area contributed by atoms with E-state index in [1.807, 2.05) is 24.7 Å². The summed E-state index contributed by atoms with van der Waals surface area (Å²) in [5, 5.41) is 0. The van der Waals surface area contributed by atoms with Crippen molar-refractivity contribution >= 4 is 5.78 Å². The van der Waals surface area contributed by atoms with E-state index in [4.69, 9.17) is 4.74 Å². The van der Waals surface area contributed by atoms with Crippen LogP contribution in [0.15, 0.2) is 36.8 Å². The van der Waals surface area contributed by atoms with Gasteiger partial charge in [0.25, 0.3) is 0 Å². The summed E-state index contributed by atoms with van der Waals surface area (Å²) in [6.07, 6.45) is 6.47. The Morgan fingerprint density at radius 1 is 1.36 bits per heavy atom. The summed E-state index contributed by atoms with van der Waals surface area (Å²) in [4.78, 5) is 16.8. The number of rotatable bonds is 5. The topological polar surface area (TPSA) is 44.1 Å². The predicted molar refractivity (Wildman–Crippen MR) is 83.6 cm³/mol. The Bertz CT molecular complexity index is 707. The third-order valence-electron chi connectivity index (χ3n) is 4.87. The van der Waals surface area contributed by atoms with Crippen molar-refractivity contribution in [1.82, 2.24) is 9.55 Å². The molecule has 0 radical (unpaired) electrons. The average Bonchev–Trinajstić information content (AvgIpc) is 3.12. The molecule has 0 N–H and O–H groups in total. The van der Waals surface area contributed by atoms with E-state index in [0.717, 1.165) is 25.0 Å². The maximum Gasteiger partial charge on any atom is 0.167 e. The number of ketones is 1. The van der Waals surface area contributed by atoms with Gasteiger partial charge >= 0.3 is 0 Å². The van der Waals surface area contributed by atoms with Crippen LogP contribution in [0.4, 0.5) is 0 Å². The number of benzene rings is 1. The summed E-state index contributed by atoms with van der Waals surface area (Å²) in [5.74, 6) is 0.265. The Kier molecular flexibility index (Phi) is 3.34. The molecule has 1 aromatic carbocycles. The molecule has 3 atom stereocenters. The molecule has 4 heteroatoms. The molecule has 0 spiro atoms. The Morgan fingerprint density at radius 3 is 3.05 bits per heavy atom. The fourth-order valence-electron chi connectivity index (χ4n) is 3.63. The van der Waals surface area contributed by atoms with Gasteiger partial charge in [0.05, 0.1) is 24.3 Å². The summed E-state index contributed by atoms with van der Waals surface area (Å²) in [6.45, 7) is 2.82. The van der Waals surface area contributed by atoms with Gasteiger partial charge in [0.15, 0.2) is 5.78 Å². The van der Waals surface area contributed by atoms with Gasteiger partial charge in [0.2, 0.25) is 0 Å². The lowest BCUT2D eigenvalue weighted by molar-refractivity contribution is -0.150.